The van der Waals surface area contributed by atoms with Crippen LogP contribution in [-0.4, -0.2) is 32.3 Å². The second-order valence-electron chi connectivity index (χ2n) is 4.57. The van der Waals surface area contributed by atoms with Crippen LogP contribution >= 0.6 is 0 Å². The largest absolute Gasteiger partial charge is 0.506 e. The number of piperidine rings is 1. The van der Waals surface area contributed by atoms with Gasteiger partial charge in [0.05, 0.1) is 6.20 Å². The first-order chi connectivity index (χ1) is 8.31. The van der Waals surface area contributed by atoms with Crippen LogP contribution in [-0.2, 0) is 6.42 Å². The van der Waals surface area contributed by atoms with Gasteiger partial charge < -0.3 is 10.4 Å². The van der Waals surface area contributed by atoms with Gasteiger partial charge in [-0.25, -0.2) is 9.50 Å². The summed E-state index contributed by atoms with van der Waals surface area (Å²) in [6, 6.07) is 3.90. The number of aromatic hydroxyl groups is 1. The van der Waals surface area contributed by atoms with Crippen molar-refractivity contribution in [3.63, 3.8) is 0 Å². The van der Waals surface area contributed by atoms with E-state index in [0.717, 1.165) is 24.4 Å². The summed E-state index contributed by atoms with van der Waals surface area (Å²) in [5.74, 6) is 1.06. The Bertz CT molecular complexity index is 516. The topological polar surface area (TPSA) is 62.5 Å². The van der Waals surface area contributed by atoms with Gasteiger partial charge in [-0.2, -0.15) is 5.10 Å². The average Bonchev–Trinajstić information content (AvgIpc) is 2.71. The number of hydrogen-bond acceptors (Lipinski definition) is 4. The smallest absolute Gasteiger partial charge is 0.155 e. The van der Waals surface area contributed by atoms with Crippen LogP contribution in [0, 0.1) is 0 Å². The molecule has 2 aromatic heterocycles. The van der Waals surface area contributed by atoms with E-state index in [4.69, 9.17) is 0 Å². The highest BCUT2D eigenvalue weighted by molar-refractivity contribution is 5.40. The molecule has 90 valence electrons. The molecule has 2 N–H and O–H groups in total. The molecule has 3 rings (SSSR count). The SMILES string of the molecule is Oc1ccc2nc(CC3CCCCN3)nn2c1. The summed E-state index contributed by atoms with van der Waals surface area (Å²) in [5, 5.41) is 17.2. The third kappa shape index (κ3) is 2.24. The standard InChI is InChI=1S/C12H16N4O/c17-10-4-5-12-14-11(15-16(12)8-10)7-9-3-1-2-6-13-9/h4-5,8-9,13,17H,1-3,6-7H2. The zero-order chi connectivity index (χ0) is 11.7. The number of fused-ring (bicyclic) bond motifs is 1. The minimum atomic E-state index is 0.213. The van der Waals surface area contributed by atoms with Crippen molar-refractivity contribution in [3.05, 3.63) is 24.2 Å². The molecule has 1 aliphatic rings. The van der Waals surface area contributed by atoms with E-state index in [1.54, 1.807) is 22.8 Å². The van der Waals surface area contributed by atoms with Crippen LogP contribution in [0.15, 0.2) is 18.3 Å². The van der Waals surface area contributed by atoms with Crippen LogP contribution < -0.4 is 5.32 Å². The Morgan fingerprint density at radius 2 is 2.35 bits per heavy atom. The molecule has 3 heterocycles. The van der Waals surface area contributed by atoms with Gasteiger partial charge in [0.25, 0.3) is 0 Å². The predicted octanol–water partition coefficient (Wildman–Crippen LogP) is 1.12. The number of pyridine rings is 1. The number of nitrogens with zero attached hydrogens (tertiary/aromatic N) is 3. The summed E-state index contributed by atoms with van der Waals surface area (Å²) in [4.78, 5) is 4.45. The van der Waals surface area contributed by atoms with Crippen LogP contribution in [0.25, 0.3) is 5.65 Å². The second kappa shape index (κ2) is 4.33. The van der Waals surface area contributed by atoms with Crippen LogP contribution in [0.3, 0.4) is 0 Å². The third-order valence-corrected chi connectivity index (χ3v) is 3.20. The van der Waals surface area contributed by atoms with Crippen molar-refractivity contribution in [1.82, 2.24) is 19.9 Å². The molecule has 0 saturated carbocycles. The summed E-state index contributed by atoms with van der Waals surface area (Å²) < 4.78 is 1.63. The van der Waals surface area contributed by atoms with Gasteiger partial charge in [0.2, 0.25) is 0 Å². The first-order valence-electron chi connectivity index (χ1n) is 6.09. The van der Waals surface area contributed by atoms with E-state index in [9.17, 15) is 5.11 Å². The first kappa shape index (κ1) is 10.5. The van der Waals surface area contributed by atoms with Crippen molar-refractivity contribution in [2.45, 2.75) is 31.7 Å². The highest BCUT2D eigenvalue weighted by Gasteiger charge is 2.15. The van der Waals surface area contributed by atoms with E-state index >= 15 is 0 Å². The third-order valence-electron chi connectivity index (χ3n) is 3.20. The van der Waals surface area contributed by atoms with E-state index in [-0.39, 0.29) is 5.75 Å². The van der Waals surface area contributed by atoms with E-state index in [1.807, 2.05) is 0 Å². The van der Waals surface area contributed by atoms with Crippen LogP contribution in [0.4, 0.5) is 0 Å². The lowest BCUT2D eigenvalue weighted by Gasteiger charge is -2.21. The van der Waals surface area contributed by atoms with Gasteiger partial charge in [0.1, 0.15) is 5.75 Å². The lowest BCUT2D eigenvalue weighted by molar-refractivity contribution is 0.394. The Hall–Kier alpha value is -1.62. The van der Waals surface area contributed by atoms with Crippen molar-refractivity contribution >= 4 is 5.65 Å². The van der Waals surface area contributed by atoms with E-state index < -0.39 is 0 Å². The van der Waals surface area contributed by atoms with Gasteiger partial charge in [-0.1, -0.05) is 6.42 Å². The molecule has 1 saturated heterocycles. The second-order valence-corrected chi connectivity index (χ2v) is 4.57. The molecule has 0 bridgehead atoms. The molecular weight excluding hydrogens is 216 g/mol. The summed E-state index contributed by atoms with van der Waals surface area (Å²) in [7, 11) is 0. The van der Waals surface area contributed by atoms with Crippen molar-refractivity contribution in [1.29, 1.82) is 0 Å². The van der Waals surface area contributed by atoms with Gasteiger partial charge in [-0.3, -0.25) is 0 Å². The zero-order valence-corrected chi connectivity index (χ0v) is 9.63. The van der Waals surface area contributed by atoms with Crippen LogP contribution in [0.1, 0.15) is 25.1 Å². The lowest BCUT2D eigenvalue weighted by Crippen LogP contribution is -2.35. The molecule has 0 radical (unpaired) electrons. The Balaban J connectivity index is 1.80. The zero-order valence-electron chi connectivity index (χ0n) is 9.63. The fraction of sp³-hybridized carbons (Fsp3) is 0.500. The van der Waals surface area contributed by atoms with Gasteiger partial charge in [0.15, 0.2) is 11.5 Å². The predicted molar refractivity (Wildman–Crippen MR) is 64.0 cm³/mol. The molecule has 0 aliphatic carbocycles. The molecule has 0 spiro atoms. The summed E-state index contributed by atoms with van der Waals surface area (Å²) >= 11 is 0. The minimum Gasteiger partial charge on any atom is -0.506 e. The molecule has 1 fully saturated rings. The molecule has 17 heavy (non-hydrogen) atoms. The first-order valence-corrected chi connectivity index (χ1v) is 6.09. The Labute approximate surface area is 99.5 Å². The molecule has 0 aromatic carbocycles. The number of hydrogen-bond donors (Lipinski definition) is 2. The molecule has 0 amide bonds. The van der Waals surface area contributed by atoms with Gasteiger partial charge >= 0.3 is 0 Å². The molecule has 5 nitrogen and oxygen atoms in total. The normalized spacial score (nSPS) is 20.8. The average molecular weight is 232 g/mol. The molecule has 1 unspecified atom stereocenters. The van der Waals surface area contributed by atoms with Crippen LogP contribution in [0.5, 0.6) is 5.75 Å². The van der Waals surface area contributed by atoms with Gasteiger partial charge in [-0.15, -0.1) is 0 Å². The fourth-order valence-corrected chi connectivity index (χ4v) is 2.32. The van der Waals surface area contributed by atoms with Gasteiger partial charge in [-0.05, 0) is 31.5 Å². The maximum Gasteiger partial charge on any atom is 0.155 e. The van der Waals surface area contributed by atoms with E-state index in [2.05, 4.69) is 15.4 Å². The van der Waals surface area contributed by atoms with Crippen molar-refractivity contribution < 1.29 is 5.11 Å². The molecular formula is C12H16N4O. The van der Waals surface area contributed by atoms with Crippen molar-refractivity contribution in [2.75, 3.05) is 6.54 Å². The van der Waals surface area contributed by atoms with Crippen LogP contribution in [0.2, 0.25) is 0 Å². The molecule has 5 heteroatoms. The highest BCUT2D eigenvalue weighted by atomic mass is 16.3. The Morgan fingerprint density at radius 1 is 1.41 bits per heavy atom. The lowest BCUT2D eigenvalue weighted by atomic mass is 10.0. The molecule has 1 aliphatic heterocycles. The maximum absolute atomic E-state index is 9.36. The summed E-state index contributed by atoms with van der Waals surface area (Å²) in [6.07, 6.45) is 6.19. The number of nitrogens with one attached hydrogen (secondary N) is 1. The maximum atomic E-state index is 9.36. The van der Waals surface area contributed by atoms with Gasteiger partial charge in [0, 0.05) is 12.5 Å². The fourth-order valence-electron chi connectivity index (χ4n) is 2.32. The number of rotatable bonds is 2. The van der Waals surface area contributed by atoms with E-state index in [1.165, 1.54) is 19.3 Å². The number of aromatic nitrogens is 3. The molecule has 1 atom stereocenters. The van der Waals surface area contributed by atoms with Crippen molar-refractivity contribution in [3.8, 4) is 5.75 Å². The quantitative estimate of drug-likeness (QED) is 0.814. The monoisotopic (exact) mass is 232 g/mol. The van der Waals surface area contributed by atoms with Crippen molar-refractivity contribution in [2.24, 2.45) is 0 Å². The van der Waals surface area contributed by atoms with E-state index in [0.29, 0.717) is 6.04 Å². The minimum absolute atomic E-state index is 0.213. The molecule has 2 aromatic rings. The highest BCUT2D eigenvalue weighted by Crippen LogP contribution is 2.13. The summed E-state index contributed by atoms with van der Waals surface area (Å²) in [5.41, 5.74) is 0.786. The summed E-state index contributed by atoms with van der Waals surface area (Å²) in [6.45, 7) is 1.10. The Morgan fingerprint density at radius 3 is 3.18 bits per heavy atom. The Kier molecular flexibility index (Phi) is 2.68.